The number of nitrogens with one attached hydrogen (secondary N) is 2. The highest BCUT2D eigenvalue weighted by Gasteiger charge is 2.34. The zero-order valence-electron chi connectivity index (χ0n) is 15.6. The van der Waals surface area contributed by atoms with E-state index in [1.807, 2.05) is 13.0 Å². The Hall–Kier alpha value is -1.43. The van der Waals surface area contributed by atoms with Crippen LogP contribution >= 0.6 is 24.0 Å². The third kappa shape index (κ3) is 7.60. The minimum Gasteiger partial charge on any atom is -0.493 e. The molecular formula is C17H26F3IN4O2. The Bertz CT molecular complexity index is 629. The Kier molecular flexibility index (Phi) is 9.43. The lowest BCUT2D eigenvalue weighted by Gasteiger charge is -2.20. The number of hydrogen-bond acceptors (Lipinski definition) is 4. The van der Waals surface area contributed by atoms with Gasteiger partial charge in [0.2, 0.25) is 0 Å². The number of likely N-dealkylation sites (tertiary alicyclic amines) is 1. The number of ether oxygens (including phenoxy) is 2. The molecule has 1 atom stereocenters. The molecule has 1 aliphatic rings. The summed E-state index contributed by atoms with van der Waals surface area (Å²) in [7, 11) is 3.11. The van der Waals surface area contributed by atoms with Crippen LogP contribution in [0.25, 0.3) is 0 Å². The van der Waals surface area contributed by atoms with Crippen LogP contribution in [-0.2, 0) is 0 Å². The van der Waals surface area contributed by atoms with Gasteiger partial charge in [0.25, 0.3) is 0 Å². The van der Waals surface area contributed by atoms with Crippen molar-refractivity contribution in [2.45, 2.75) is 25.6 Å². The second-order valence-electron chi connectivity index (χ2n) is 6.00. The summed E-state index contributed by atoms with van der Waals surface area (Å²) in [6.07, 6.45) is -3.54. The number of rotatable bonds is 6. The molecule has 2 N–H and O–H groups in total. The van der Waals surface area contributed by atoms with Crippen molar-refractivity contribution in [2.24, 2.45) is 4.99 Å². The Morgan fingerprint density at radius 1 is 1.26 bits per heavy atom. The highest BCUT2D eigenvalue weighted by atomic mass is 127. The number of aliphatic imine (C=N–C) groups is 1. The van der Waals surface area contributed by atoms with Gasteiger partial charge >= 0.3 is 6.18 Å². The number of hydrogen-bond donors (Lipinski definition) is 2. The molecule has 6 nitrogen and oxygen atoms in total. The number of alkyl halides is 3. The Balaban J connectivity index is 0.00000364. The maximum Gasteiger partial charge on any atom is 0.401 e. The van der Waals surface area contributed by atoms with Gasteiger partial charge < -0.3 is 20.1 Å². The molecule has 154 valence electrons. The smallest absolute Gasteiger partial charge is 0.401 e. The van der Waals surface area contributed by atoms with E-state index in [1.54, 1.807) is 26.4 Å². The minimum absolute atomic E-state index is 0. The Morgan fingerprint density at radius 3 is 2.56 bits per heavy atom. The van der Waals surface area contributed by atoms with Crippen LogP contribution in [0.2, 0.25) is 0 Å². The van der Waals surface area contributed by atoms with Gasteiger partial charge in [0.15, 0.2) is 17.5 Å². The first-order chi connectivity index (χ1) is 12.3. The van der Waals surface area contributed by atoms with Crippen LogP contribution in [0.5, 0.6) is 11.5 Å². The van der Waals surface area contributed by atoms with Crippen molar-refractivity contribution in [1.29, 1.82) is 0 Å². The molecule has 1 unspecified atom stereocenters. The van der Waals surface area contributed by atoms with Crippen molar-refractivity contribution in [1.82, 2.24) is 10.2 Å². The molecule has 0 bridgehead atoms. The normalized spacial score (nSPS) is 18.0. The number of benzene rings is 1. The van der Waals surface area contributed by atoms with Crippen molar-refractivity contribution in [3.05, 3.63) is 18.2 Å². The highest BCUT2D eigenvalue weighted by Crippen LogP contribution is 2.29. The van der Waals surface area contributed by atoms with E-state index >= 15 is 0 Å². The molecule has 0 spiro atoms. The van der Waals surface area contributed by atoms with E-state index in [-0.39, 0.29) is 30.0 Å². The molecule has 1 aromatic carbocycles. The molecule has 1 saturated heterocycles. The van der Waals surface area contributed by atoms with E-state index in [2.05, 4.69) is 15.6 Å². The number of methoxy groups -OCH3 is 2. The van der Waals surface area contributed by atoms with Crippen molar-refractivity contribution in [3.8, 4) is 11.5 Å². The predicted octanol–water partition coefficient (Wildman–Crippen LogP) is 3.34. The molecule has 0 amide bonds. The standard InChI is InChI=1S/C17H25F3N4O2.HI/c1-4-21-16(22-12-5-6-14(25-2)15(9-12)26-3)23-13-7-8-24(10-13)11-17(18,19)20;/h5-6,9,13H,4,7-8,10-11H2,1-3H3,(H2,21,22,23);1H. The molecule has 0 saturated carbocycles. The van der Waals surface area contributed by atoms with Crippen LogP contribution in [0, 0.1) is 0 Å². The maximum absolute atomic E-state index is 12.5. The zero-order valence-corrected chi connectivity index (χ0v) is 17.9. The van der Waals surface area contributed by atoms with Gasteiger partial charge in [-0.15, -0.1) is 24.0 Å². The van der Waals surface area contributed by atoms with E-state index in [1.165, 1.54) is 4.90 Å². The SMILES string of the molecule is CCN=C(Nc1ccc(OC)c(OC)c1)NC1CCN(CC(F)(F)F)C1.I. The van der Waals surface area contributed by atoms with Gasteiger partial charge in [-0.25, -0.2) is 0 Å². The van der Waals surface area contributed by atoms with E-state index in [0.29, 0.717) is 43.5 Å². The van der Waals surface area contributed by atoms with Crippen LogP contribution in [0.15, 0.2) is 23.2 Å². The minimum atomic E-state index is -4.17. The quantitative estimate of drug-likeness (QED) is 0.355. The monoisotopic (exact) mass is 502 g/mol. The summed E-state index contributed by atoms with van der Waals surface area (Å²) in [4.78, 5) is 5.76. The van der Waals surface area contributed by atoms with Crippen molar-refractivity contribution in [3.63, 3.8) is 0 Å². The van der Waals surface area contributed by atoms with Crippen LogP contribution in [-0.4, -0.2) is 63.5 Å². The molecule has 1 fully saturated rings. The number of halogens is 4. The van der Waals surface area contributed by atoms with Crippen LogP contribution in [0.1, 0.15) is 13.3 Å². The van der Waals surface area contributed by atoms with E-state index < -0.39 is 12.7 Å². The largest absolute Gasteiger partial charge is 0.493 e. The van der Waals surface area contributed by atoms with Gasteiger partial charge in [-0.05, 0) is 25.5 Å². The molecule has 10 heteroatoms. The lowest BCUT2D eigenvalue weighted by Crippen LogP contribution is -2.42. The molecule has 1 heterocycles. The molecule has 2 rings (SSSR count). The number of guanidine groups is 1. The number of nitrogens with zero attached hydrogens (tertiary/aromatic N) is 2. The van der Waals surface area contributed by atoms with E-state index in [4.69, 9.17) is 9.47 Å². The fourth-order valence-electron chi connectivity index (χ4n) is 2.87. The lowest BCUT2D eigenvalue weighted by atomic mass is 10.2. The van der Waals surface area contributed by atoms with Gasteiger partial charge in [0, 0.05) is 37.4 Å². The summed E-state index contributed by atoms with van der Waals surface area (Å²) < 4.78 is 48.0. The van der Waals surface area contributed by atoms with Gasteiger partial charge in [-0.2, -0.15) is 13.2 Å². The fourth-order valence-corrected chi connectivity index (χ4v) is 2.87. The average molecular weight is 502 g/mol. The summed E-state index contributed by atoms with van der Waals surface area (Å²) in [5.74, 6) is 1.71. The van der Waals surface area contributed by atoms with Crippen molar-refractivity contribution < 1.29 is 22.6 Å². The molecular weight excluding hydrogens is 476 g/mol. The molecule has 1 aromatic rings. The van der Waals surface area contributed by atoms with Gasteiger partial charge in [-0.1, -0.05) is 0 Å². The fraction of sp³-hybridized carbons (Fsp3) is 0.588. The second kappa shape index (κ2) is 10.8. The summed E-state index contributed by atoms with van der Waals surface area (Å²) in [5, 5.41) is 6.36. The van der Waals surface area contributed by atoms with Crippen LogP contribution in [0.4, 0.5) is 18.9 Å². The first-order valence-corrected chi connectivity index (χ1v) is 8.43. The van der Waals surface area contributed by atoms with Crippen molar-refractivity contribution in [2.75, 3.05) is 45.7 Å². The van der Waals surface area contributed by atoms with Gasteiger partial charge in [0.1, 0.15) is 0 Å². The Morgan fingerprint density at radius 2 is 1.96 bits per heavy atom. The topological polar surface area (TPSA) is 58.1 Å². The molecule has 0 radical (unpaired) electrons. The lowest BCUT2D eigenvalue weighted by molar-refractivity contribution is -0.143. The first-order valence-electron chi connectivity index (χ1n) is 8.43. The number of anilines is 1. The third-order valence-electron chi connectivity index (χ3n) is 3.98. The predicted molar refractivity (Wildman–Crippen MR) is 111 cm³/mol. The summed E-state index contributed by atoms with van der Waals surface area (Å²) >= 11 is 0. The maximum atomic E-state index is 12.5. The van der Waals surface area contributed by atoms with Crippen molar-refractivity contribution >= 4 is 35.6 Å². The van der Waals surface area contributed by atoms with Crippen LogP contribution < -0.4 is 20.1 Å². The first kappa shape index (κ1) is 23.6. The molecule has 27 heavy (non-hydrogen) atoms. The summed E-state index contributed by atoms with van der Waals surface area (Å²) in [5.41, 5.74) is 0.743. The summed E-state index contributed by atoms with van der Waals surface area (Å²) in [6, 6.07) is 5.27. The third-order valence-corrected chi connectivity index (χ3v) is 3.98. The van der Waals surface area contributed by atoms with E-state index in [0.717, 1.165) is 5.69 Å². The highest BCUT2D eigenvalue weighted by molar-refractivity contribution is 14.0. The summed E-state index contributed by atoms with van der Waals surface area (Å²) in [6.45, 7) is 2.29. The zero-order chi connectivity index (χ0) is 19.2. The molecule has 0 aromatic heterocycles. The van der Waals surface area contributed by atoms with Gasteiger partial charge in [-0.3, -0.25) is 9.89 Å². The molecule has 1 aliphatic heterocycles. The second-order valence-corrected chi connectivity index (χ2v) is 6.00. The van der Waals surface area contributed by atoms with Gasteiger partial charge in [0.05, 0.1) is 20.8 Å². The van der Waals surface area contributed by atoms with E-state index in [9.17, 15) is 13.2 Å². The van der Waals surface area contributed by atoms with Crippen LogP contribution in [0.3, 0.4) is 0 Å². The Labute approximate surface area is 174 Å². The average Bonchev–Trinajstić information content (AvgIpc) is 2.99. The molecule has 0 aliphatic carbocycles.